The Morgan fingerprint density at radius 1 is 1.15 bits per heavy atom. The first-order valence-corrected chi connectivity index (χ1v) is 13.8. The summed E-state index contributed by atoms with van der Waals surface area (Å²) < 4.78 is 7.72. The van der Waals surface area contributed by atoms with Gasteiger partial charge in [0.2, 0.25) is 0 Å². The van der Waals surface area contributed by atoms with Gasteiger partial charge in [-0.25, -0.2) is 4.99 Å². The summed E-state index contributed by atoms with van der Waals surface area (Å²) in [6.45, 7) is 2.04. The molecule has 0 radical (unpaired) electrons. The van der Waals surface area contributed by atoms with Crippen LogP contribution in [0.2, 0.25) is 0 Å². The number of rotatable bonds is 4. The number of H-pyrrole nitrogens is 1. The van der Waals surface area contributed by atoms with Crippen molar-refractivity contribution in [2.45, 2.75) is 25.8 Å². The summed E-state index contributed by atoms with van der Waals surface area (Å²) in [5.41, 5.74) is 7.55. The Morgan fingerprint density at radius 2 is 2.02 bits per heavy atom. The van der Waals surface area contributed by atoms with Crippen LogP contribution in [0, 0.1) is 17.0 Å². The van der Waals surface area contributed by atoms with Crippen molar-refractivity contribution in [3.05, 3.63) is 130 Å². The zero-order valence-electron chi connectivity index (χ0n) is 21.8. The van der Waals surface area contributed by atoms with Crippen molar-refractivity contribution in [2.24, 2.45) is 4.99 Å². The Hall–Kier alpha value is -4.76. The van der Waals surface area contributed by atoms with Crippen LogP contribution in [0.4, 0.5) is 5.69 Å². The fourth-order valence-electron chi connectivity index (χ4n) is 5.81. The number of benzene rings is 3. The predicted octanol–water partition coefficient (Wildman–Crippen LogP) is 5.03. The molecule has 0 saturated heterocycles. The quantitative estimate of drug-likeness (QED) is 0.252. The third-order valence-corrected chi connectivity index (χ3v) is 8.70. The highest BCUT2D eigenvalue weighted by Crippen LogP contribution is 2.42. The minimum atomic E-state index is -0.492. The van der Waals surface area contributed by atoms with Crippen LogP contribution in [0.5, 0.6) is 5.75 Å². The zero-order chi connectivity index (χ0) is 27.5. The molecule has 198 valence electrons. The van der Waals surface area contributed by atoms with Gasteiger partial charge in [0.05, 0.1) is 28.3 Å². The molecule has 0 amide bonds. The van der Waals surface area contributed by atoms with Crippen molar-refractivity contribution in [1.82, 2.24) is 9.55 Å². The van der Waals surface area contributed by atoms with Crippen LogP contribution >= 0.6 is 11.3 Å². The van der Waals surface area contributed by atoms with Crippen LogP contribution in [-0.4, -0.2) is 21.6 Å². The average molecular weight is 549 g/mol. The first-order valence-electron chi connectivity index (χ1n) is 13.0. The third-order valence-electron chi connectivity index (χ3n) is 7.72. The van der Waals surface area contributed by atoms with Crippen LogP contribution < -0.4 is 19.6 Å². The number of aromatic nitrogens is 2. The molecular weight excluding hydrogens is 524 g/mol. The smallest absolute Gasteiger partial charge is 0.271 e. The van der Waals surface area contributed by atoms with Crippen molar-refractivity contribution >= 4 is 39.7 Å². The lowest BCUT2D eigenvalue weighted by molar-refractivity contribution is -0.384. The summed E-state index contributed by atoms with van der Waals surface area (Å²) >= 11 is 1.34. The number of aromatic amines is 1. The average Bonchev–Trinajstić information content (AvgIpc) is 3.51. The maximum absolute atomic E-state index is 14.0. The van der Waals surface area contributed by atoms with E-state index in [2.05, 4.69) is 11.1 Å². The molecule has 9 heteroatoms. The van der Waals surface area contributed by atoms with E-state index in [0.717, 1.165) is 56.6 Å². The van der Waals surface area contributed by atoms with Crippen LogP contribution in [-0.2, 0) is 6.42 Å². The van der Waals surface area contributed by atoms with E-state index in [0.29, 0.717) is 21.3 Å². The van der Waals surface area contributed by atoms with E-state index in [1.165, 1.54) is 17.4 Å². The maximum atomic E-state index is 14.0. The summed E-state index contributed by atoms with van der Waals surface area (Å²) in [5, 5.41) is 12.7. The number of nitro benzene ring substituents is 1. The Kier molecular flexibility index (Phi) is 5.57. The van der Waals surface area contributed by atoms with Crippen molar-refractivity contribution in [1.29, 1.82) is 0 Å². The number of methoxy groups -OCH3 is 1. The molecule has 1 aliphatic heterocycles. The lowest BCUT2D eigenvalue weighted by Gasteiger charge is -2.31. The van der Waals surface area contributed by atoms with E-state index in [4.69, 9.17) is 9.73 Å². The standard InChI is InChI=1S/C31H24N4O4S/c1-17-6-11-26-25(12-17)20(16-32-26)15-27-30(36)34-29(19-4-3-5-21(13-19)35(37)38)24-9-7-18-14-22(39-2)8-10-23(18)28(24)33-31(34)40-27/h3-6,8,10-16,29,32H,7,9H2,1-2H3/b27-15-. The Morgan fingerprint density at radius 3 is 2.85 bits per heavy atom. The molecule has 1 unspecified atom stereocenters. The fraction of sp³-hybridized carbons (Fsp3) is 0.161. The van der Waals surface area contributed by atoms with E-state index >= 15 is 0 Å². The lowest BCUT2D eigenvalue weighted by Crippen LogP contribution is -2.38. The lowest BCUT2D eigenvalue weighted by atomic mass is 9.83. The van der Waals surface area contributed by atoms with Gasteiger partial charge in [0.1, 0.15) is 5.75 Å². The normalized spacial score (nSPS) is 16.4. The molecule has 1 atom stereocenters. The number of nitro groups is 1. The van der Waals surface area contributed by atoms with Crippen molar-refractivity contribution in [3.8, 4) is 5.75 Å². The number of hydrogen-bond acceptors (Lipinski definition) is 6. The van der Waals surface area contributed by atoms with E-state index in [1.807, 2.05) is 55.6 Å². The van der Waals surface area contributed by atoms with E-state index < -0.39 is 11.0 Å². The summed E-state index contributed by atoms with van der Waals surface area (Å²) in [6, 6.07) is 18.2. The van der Waals surface area contributed by atoms with Crippen molar-refractivity contribution < 1.29 is 9.66 Å². The van der Waals surface area contributed by atoms with E-state index in [-0.39, 0.29) is 11.2 Å². The Labute approximate surface area is 232 Å². The molecule has 0 bridgehead atoms. The highest BCUT2D eigenvalue weighted by molar-refractivity contribution is 7.07. The molecule has 1 aliphatic carbocycles. The summed E-state index contributed by atoms with van der Waals surface area (Å²) in [4.78, 5) is 34.2. The first-order chi connectivity index (χ1) is 19.4. The highest BCUT2D eigenvalue weighted by atomic mass is 32.1. The zero-order valence-corrected chi connectivity index (χ0v) is 22.6. The van der Waals surface area contributed by atoms with Gasteiger partial charge in [-0.3, -0.25) is 19.5 Å². The van der Waals surface area contributed by atoms with Crippen molar-refractivity contribution in [3.63, 3.8) is 0 Å². The number of hydrogen-bond donors (Lipinski definition) is 1. The molecule has 2 aromatic heterocycles. The topological polar surface area (TPSA) is 103 Å². The number of thiazole rings is 1. The van der Waals surface area contributed by atoms with Crippen LogP contribution in [0.3, 0.4) is 0 Å². The minimum absolute atomic E-state index is 0.00566. The molecule has 40 heavy (non-hydrogen) atoms. The molecule has 0 fully saturated rings. The van der Waals surface area contributed by atoms with Crippen LogP contribution in [0.25, 0.3) is 22.7 Å². The predicted molar refractivity (Wildman–Crippen MR) is 155 cm³/mol. The summed E-state index contributed by atoms with van der Waals surface area (Å²) in [7, 11) is 1.65. The molecule has 7 rings (SSSR count). The molecule has 5 aromatic rings. The summed E-state index contributed by atoms with van der Waals surface area (Å²) in [5.74, 6) is 0.785. The van der Waals surface area contributed by atoms with Gasteiger partial charge < -0.3 is 9.72 Å². The van der Waals surface area contributed by atoms with E-state index in [1.54, 1.807) is 23.8 Å². The SMILES string of the molecule is COc1ccc2c(c1)CCC1=C2N=c2s/c(=C\c3c[nH]c4ccc(C)cc34)c(=O)n2C1c1cccc([N+](=O)[O-])c1. The molecule has 3 heterocycles. The molecule has 3 aromatic carbocycles. The monoisotopic (exact) mass is 548 g/mol. The fourth-order valence-corrected chi connectivity index (χ4v) is 6.80. The Bertz CT molecular complexity index is 2080. The molecule has 1 N–H and O–H groups in total. The maximum Gasteiger partial charge on any atom is 0.271 e. The molecule has 0 saturated carbocycles. The van der Waals surface area contributed by atoms with Gasteiger partial charge in [0, 0.05) is 40.4 Å². The third kappa shape index (κ3) is 3.81. The van der Waals surface area contributed by atoms with Gasteiger partial charge in [0.15, 0.2) is 4.80 Å². The van der Waals surface area contributed by atoms with E-state index in [9.17, 15) is 14.9 Å². The van der Waals surface area contributed by atoms with Gasteiger partial charge in [0.25, 0.3) is 11.2 Å². The largest absolute Gasteiger partial charge is 0.497 e. The van der Waals surface area contributed by atoms with Gasteiger partial charge >= 0.3 is 0 Å². The number of aryl methyl sites for hydroxylation is 2. The number of non-ortho nitro benzene ring substituents is 1. The number of nitrogens with one attached hydrogen (secondary N) is 1. The van der Waals surface area contributed by atoms with Crippen LogP contribution in [0.15, 0.2) is 82.2 Å². The van der Waals surface area contributed by atoms with Gasteiger partial charge in [-0.05, 0) is 72.9 Å². The first kappa shape index (κ1) is 24.3. The van der Waals surface area contributed by atoms with Gasteiger partial charge in [-0.1, -0.05) is 35.1 Å². The minimum Gasteiger partial charge on any atom is -0.497 e. The Balaban J connectivity index is 1.49. The van der Waals surface area contributed by atoms with Crippen molar-refractivity contribution in [2.75, 3.05) is 7.11 Å². The number of ether oxygens (including phenoxy) is 1. The second-order valence-corrected chi connectivity index (χ2v) is 11.1. The second-order valence-electron chi connectivity index (χ2n) is 10.1. The van der Waals surface area contributed by atoms with Crippen LogP contribution in [0.1, 0.15) is 40.3 Å². The summed E-state index contributed by atoms with van der Waals surface area (Å²) in [6.07, 6.45) is 5.26. The molecule has 0 spiro atoms. The molecule has 2 aliphatic rings. The second kappa shape index (κ2) is 9.17. The number of fused-ring (bicyclic) bond motifs is 4. The van der Waals surface area contributed by atoms with Gasteiger partial charge in [-0.2, -0.15) is 0 Å². The molecular formula is C31H24N4O4S. The highest BCUT2D eigenvalue weighted by Gasteiger charge is 2.33. The van der Waals surface area contributed by atoms with Gasteiger partial charge in [-0.15, -0.1) is 0 Å². The number of nitrogens with zero attached hydrogens (tertiary/aromatic N) is 3. The number of allylic oxidation sites excluding steroid dienone is 1. The molecule has 8 nitrogen and oxygen atoms in total.